The third-order valence-electron chi connectivity index (χ3n) is 3.21. The van der Waals surface area contributed by atoms with Crippen molar-refractivity contribution < 1.29 is 14.3 Å². The van der Waals surface area contributed by atoms with Crippen LogP contribution in [-0.2, 0) is 14.3 Å². The fourth-order valence-electron chi connectivity index (χ4n) is 2.12. The van der Waals surface area contributed by atoms with Gasteiger partial charge in [0, 0.05) is 16.7 Å². The zero-order chi connectivity index (χ0) is 17.1. The summed E-state index contributed by atoms with van der Waals surface area (Å²) >= 11 is 3.04. The van der Waals surface area contributed by atoms with Crippen molar-refractivity contribution in [3.8, 4) is 0 Å². The standard InChI is InChI=1S/C17H14N2O3S2/c1-10(14-6-4-8-24-14)15-17(21)22-16(19-15)13(18-11(2)20)9-12-5-3-7-23-12/h3-9H,1-2H3,(H,18,20). The highest BCUT2D eigenvalue weighted by Crippen LogP contribution is 2.28. The van der Waals surface area contributed by atoms with Crippen LogP contribution in [-0.4, -0.2) is 17.8 Å². The van der Waals surface area contributed by atoms with Crippen LogP contribution in [0.15, 0.2) is 51.4 Å². The number of rotatable bonds is 4. The van der Waals surface area contributed by atoms with E-state index >= 15 is 0 Å². The number of carbonyl (C=O) groups excluding carboxylic acids is 2. The number of thiophene rings is 2. The number of carbonyl (C=O) groups is 2. The molecule has 0 radical (unpaired) electrons. The van der Waals surface area contributed by atoms with E-state index in [-0.39, 0.29) is 17.5 Å². The van der Waals surface area contributed by atoms with E-state index in [2.05, 4.69) is 10.3 Å². The third-order valence-corrected chi connectivity index (χ3v) is 5.02. The van der Waals surface area contributed by atoms with Crippen LogP contribution >= 0.6 is 22.7 Å². The first-order valence-corrected chi connectivity index (χ1v) is 8.89. The van der Waals surface area contributed by atoms with E-state index in [0.717, 1.165) is 15.3 Å². The maximum atomic E-state index is 12.2. The van der Waals surface area contributed by atoms with Gasteiger partial charge in [-0.05, 0) is 41.5 Å². The van der Waals surface area contributed by atoms with Crippen LogP contribution in [0.25, 0.3) is 11.6 Å². The first-order valence-electron chi connectivity index (χ1n) is 7.13. The van der Waals surface area contributed by atoms with Crippen LogP contribution in [0.1, 0.15) is 23.6 Å². The van der Waals surface area contributed by atoms with Gasteiger partial charge in [-0.2, -0.15) is 0 Å². The van der Waals surface area contributed by atoms with Gasteiger partial charge in [-0.25, -0.2) is 9.79 Å². The predicted octanol–water partition coefficient (Wildman–Crippen LogP) is 3.67. The first-order chi connectivity index (χ1) is 11.5. The summed E-state index contributed by atoms with van der Waals surface area (Å²) in [5, 5.41) is 6.53. The molecule has 3 rings (SSSR count). The molecule has 0 saturated carbocycles. The lowest BCUT2D eigenvalue weighted by Crippen LogP contribution is -2.25. The number of allylic oxidation sites excluding steroid dienone is 1. The largest absolute Gasteiger partial charge is 0.400 e. The van der Waals surface area contributed by atoms with Gasteiger partial charge in [-0.1, -0.05) is 12.1 Å². The molecule has 5 nitrogen and oxygen atoms in total. The van der Waals surface area contributed by atoms with E-state index in [0.29, 0.717) is 5.70 Å². The topological polar surface area (TPSA) is 67.8 Å². The molecule has 0 atom stereocenters. The lowest BCUT2D eigenvalue weighted by Gasteiger charge is -2.05. The zero-order valence-corrected chi connectivity index (χ0v) is 14.7. The smallest absolute Gasteiger partial charge is 0.364 e. The summed E-state index contributed by atoms with van der Waals surface area (Å²) in [6.45, 7) is 3.23. The Hall–Kier alpha value is -2.51. The van der Waals surface area contributed by atoms with Crippen LogP contribution in [0.2, 0.25) is 0 Å². The van der Waals surface area contributed by atoms with E-state index in [9.17, 15) is 9.59 Å². The summed E-state index contributed by atoms with van der Waals surface area (Å²) in [4.78, 5) is 29.8. The second-order valence-corrected chi connectivity index (χ2v) is 6.94. The Balaban J connectivity index is 2.00. The highest BCUT2D eigenvalue weighted by Gasteiger charge is 2.28. The molecule has 0 fully saturated rings. The summed E-state index contributed by atoms with van der Waals surface area (Å²) in [6, 6.07) is 7.63. The Morgan fingerprint density at radius 1 is 1.21 bits per heavy atom. The van der Waals surface area contributed by atoms with Crippen molar-refractivity contribution in [1.82, 2.24) is 5.32 Å². The van der Waals surface area contributed by atoms with Gasteiger partial charge in [-0.15, -0.1) is 22.7 Å². The molecule has 122 valence electrons. The average molecular weight is 358 g/mol. The number of nitrogens with zero attached hydrogens (tertiary/aromatic N) is 1. The third kappa shape index (κ3) is 3.52. The van der Waals surface area contributed by atoms with Crippen molar-refractivity contribution in [3.05, 3.63) is 56.2 Å². The van der Waals surface area contributed by atoms with Crippen molar-refractivity contribution in [2.45, 2.75) is 13.8 Å². The molecule has 0 aromatic carbocycles. The fourth-order valence-corrected chi connectivity index (χ4v) is 3.52. The molecular weight excluding hydrogens is 344 g/mol. The molecule has 24 heavy (non-hydrogen) atoms. The summed E-state index contributed by atoms with van der Waals surface area (Å²) in [6.07, 6.45) is 1.74. The van der Waals surface area contributed by atoms with E-state index in [4.69, 9.17) is 4.74 Å². The van der Waals surface area contributed by atoms with Crippen molar-refractivity contribution in [2.75, 3.05) is 0 Å². The molecule has 1 amide bonds. The first kappa shape index (κ1) is 16.4. The molecule has 7 heteroatoms. The predicted molar refractivity (Wildman–Crippen MR) is 96.6 cm³/mol. The minimum absolute atomic E-state index is 0.106. The lowest BCUT2D eigenvalue weighted by molar-refractivity contribution is -0.130. The Morgan fingerprint density at radius 2 is 1.96 bits per heavy atom. The Labute approximate surface area is 147 Å². The number of nitrogens with one attached hydrogen (secondary N) is 1. The van der Waals surface area contributed by atoms with Crippen molar-refractivity contribution in [2.24, 2.45) is 4.99 Å². The van der Waals surface area contributed by atoms with Crippen LogP contribution < -0.4 is 5.32 Å². The normalized spacial score (nSPS) is 16.7. The van der Waals surface area contributed by atoms with E-state index in [1.54, 1.807) is 6.08 Å². The molecule has 1 aliphatic heterocycles. The number of amides is 1. The number of cyclic esters (lactones) is 1. The SMILES string of the molecule is CC(=O)NC(=Cc1cccs1)C1=NC(=C(C)c2cccs2)C(=O)O1. The molecule has 2 aromatic heterocycles. The van der Waals surface area contributed by atoms with Crippen LogP contribution in [0, 0.1) is 0 Å². The minimum atomic E-state index is -0.515. The molecular formula is C17H14N2O3S2. The monoisotopic (exact) mass is 358 g/mol. The number of aliphatic imine (C=N–C) groups is 1. The van der Waals surface area contributed by atoms with Gasteiger partial charge >= 0.3 is 5.97 Å². The number of hydrogen-bond donors (Lipinski definition) is 1. The second kappa shape index (κ2) is 6.94. The van der Waals surface area contributed by atoms with E-state index < -0.39 is 5.97 Å². The van der Waals surface area contributed by atoms with Crippen molar-refractivity contribution in [1.29, 1.82) is 0 Å². The number of esters is 1. The van der Waals surface area contributed by atoms with Gasteiger partial charge in [0.25, 0.3) is 0 Å². The number of hydrogen-bond acceptors (Lipinski definition) is 6. The maximum Gasteiger partial charge on any atom is 0.364 e. The molecule has 0 unspecified atom stereocenters. The highest BCUT2D eigenvalue weighted by molar-refractivity contribution is 7.11. The molecule has 0 bridgehead atoms. The Morgan fingerprint density at radius 3 is 2.58 bits per heavy atom. The second-order valence-electron chi connectivity index (χ2n) is 5.01. The van der Waals surface area contributed by atoms with Gasteiger partial charge in [0.15, 0.2) is 5.70 Å². The summed E-state index contributed by atoms with van der Waals surface area (Å²) in [7, 11) is 0. The summed E-state index contributed by atoms with van der Waals surface area (Å²) in [5.74, 6) is -0.670. The van der Waals surface area contributed by atoms with Gasteiger partial charge in [0.1, 0.15) is 5.70 Å². The Bertz CT molecular complexity index is 860. The molecule has 2 aromatic rings. The van der Waals surface area contributed by atoms with Crippen LogP contribution in [0.3, 0.4) is 0 Å². The molecule has 0 spiro atoms. The molecule has 0 aliphatic carbocycles. The fraction of sp³-hybridized carbons (Fsp3) is 0.118. The minimum Gasteiger partial charge on any atom is -0.400 e. The van der Waals surface area contributed by atoms with Gasteiger partial charge in [-0.3, -0.25) is 4.79 Å². The molecule has 1 N–H and O–H groups in total. The van der Waals surface area contributed by atoms with E-state index in [1.807, 2.05) is 41.9 Å². The Kier molecular flexibility index (Phi) is 4.73. The quantitative estimate of drug-likeness (QED) is 0.670. The summed E-state index contributed by atoms with van der Waals surface area (Å²) in [5.41, 5.74) is 1.38. The highest BCUT2D eigenvalue weighted by atomic mass is 32.1. The van der Waals surface area contributed by atoms with Crippen LogP contribution in [0.4, 0.5) is 0 Å². The molecule has 1 aliphatic rings. The van der Waals surface area contributed by atoms with Crippen molar-refractivity contribution >= 4 is 52.1 Å². The van der Waals surface area contributed by atoms with Gasteiger partial charge in [0.05, 0.1) is 0 Å². The number of ether oxygens (including phenoxy) is 1. The summed E-state index contributed by atoms with van der Waals surface area (Å²) < 4.78 is 5.28. The zero-order valence-electron chi connectivity index (χ0n) is 13.0. The average Bonchev–Trinajstić information content (AvgIpc) is 3.27. The van der Waals surface area contributed by atoms with E-state index in [1.165, 1.54) is 29.6 Å². The maximum absolute atomic E-state index is 12.2. The van der Waals surface area contributed by atoms with Gasteiger partial charge in [0.2, 0.25) is 11.8 Å². The molecule has 3 heterocycles. The van der Waals surface area contributed by atoms with Crippen LogP contribution in [0.5, 0.6) is 0 Å². The molecule has 0 saturated heterocycles. The van der Waals surface area contributed by atoms with Gasteiger partial charge < -0.3 is 10.1 Å². The van der Waals surface area contributed by atoms with Crippen molar-refractivity contribution in [3.63, 3.8) is 0 Å². The lowest BCUT2D eigenvalue weighted by atomic mass is 10.2.